The molecule has 0 saturated carbocycles. The summed E-state index contributed by atoms with van der Waals surface area (Å²) >= 11 is 0. The van der Waals surface area contributed by atoms with Gasteiger partial charge in [0.2, 0.25) is 6.10 Å². The van der Waals surface area contributed by atoms with Gasteiger partial charge in [0.15, 0.2) is 0 Å². The fraction of sp³-hybridized carbons (Fsp3) is 0.609. The number of hydrogen-bond acceptors (Lipinski definition) is 5. The lowest BCUT2D eigenvalue weighted by Gasteiger charge is -2.36. The molecule has 0 aromatic heterocycles. The summed E-state index contributed by atoms with van der Waals surface area (Å²) in [4.78, 5) is 40.1. The zero-order valence-corrected chi connectivity index (χ0v) is 19.1. The number of nitrogens with two attached hydrogens (primary N) is 1. The van der Waals surface area contributed by atoms with Gasteiger partial charge in [-0.1, -0.05) is 58.0 Å². The number of cyclic esters (lactones) is 1. The van der Waals surface area contributed by atoms with E-state index in [0.29, 0.717) is 17.5 Å². The molecule has 8 nitrogen and oxygen atoms in total. The zero-order chi connectivity index (χ0) is 23.0. The van der Waals surface area contributed by atoms with Crippen molar-refractivity contribution in [3.63, 3.8) is 0 Å². The molecule has 2 atom stereocenters. The van der Waals surface area contributed by atoms with Crippen LogP contribution in [0.2, 0.25) is 0 Å². The van der Waals surface area contributed by atoms with Gasteiger partial charge in [-0.25, -0.2) is 14.5 Å². The summed E-state index contributed by atoms with van der Waals surface area (Å²) in [5, 5.41) is 2.78. The third-order valence-corrected chi connectivity index (χ3v) is 5.77. The second-order valence-corrected chi connectivity index (χ2v) is 8.52. The van der Waals surface area contributed by atoms with Crippen LogP contribution in [0.1, 0.15) is 58.6 Å². The number of ether oxygens (including phenoxy) is 1. The SMILES string of the molecule is CC.CC1(C)CCN(CCCNC(=O)N2C(=O)OC(C(N)=O)C2c2ccccc2)CC1. The highest BCUT2D eigenvalue weighted by Gasteiger charge is 2.49. The van der Waals surface area contributed by atoms with Crippen molar-refractivity contribution in [3.05, 3.63) is 35.9 Å². The Morgan fingerprint density at radius 2 is 1.77 bits per heavy atom. The number of imide groups is 1. The quantitative estimate of drug-likeness (QED) is 0.671. The van der Waals surface area contributed by atoms with Crippen LogP contribution in [-0.4, -0.2) is 60.1 Å². The molecular weight excluding hydrogens is 396 g/mol. The van der Waals surface area contributed by atoms with Crippen molar-refractivity contribution in [2.75, 3.05) is 26.2 Å². The Hall–Kier alpha value is -2.61. The molecular formula is C23H36N4O4. The summed E-state index contributed by atoms with van der Waals surface area (Å²) < 4.78 is 5.09. The van der Waals surface area contributed by atoms with Crippen molar-refractivity contribution < 1.29 is 19.1 Å². The summed E-state index contributed by atoms with van der Waals surface area (Å²) in [6.45, 7) is 12.0. The van der Waals surface area contributed by atoms with Crippen LogP contribution < -0.4 is 11.1 Å². The maximum absolute atomic E-state index is 12.7. The van der Waals surface area contributed by atoms with Gasteiger partial charge in [-0.15, -0.1) is 0 Å². The number of amides is 4. The molecule has 31 heavy (non-hydrogen) atoms. The summed E-state index contributed by atoms with van der Waals surface area (Å²) in [6.07, 6.45) is 1.06. The Kier molecular flexibility index (Phi) is 8.86. The fourth-order valence-electron chi connectivity index (χ4n) is 3.84. The standard InChI is InChI=1S/C21H30N4O4.C2H6/c1-21(2)9-13-24(14-10-21)12-6-11-23-19(27)25-16(15-7-4-3-5-8-15)17(18(22)26)29-20(25)28;1-2/h3-5,7-8,16-17H,6,9-14H2,1-2H3,(H2,22,26)(H,23,27);1-2H3. The van der Waals surface area contributed by atoms with Crippen molar-refractivity contribution in [1.29, 1.82) is 0 Å². The first-order chi connectivity index (χ1) is 14.8. The van der Waals surface area contributed by atoms with E-state index in [0.717, 1.165) is 31.0 Å². The highest BCUT2D eigenvalue weighted by atomic mass is 16.6. The van der Waals surface area contributed by atoms with Crippen molar-refractivity contribution >= 4 is 18.0 Å². The van der Waals surface area contributed by atoms with Gasteiger partial charge in [-0.3, -0.25) is 4.79 Å². The monoisotopic (exact) mass is 432 g/mol. The van der Waals surface area contributed by atoms with E-state index in [2.05, 4.69) is 24.1 Å². The minimum atomic E-state index is -1.20. The Balaban J connectivity index is 0.00000166. The summed E-state index contributed by atoms with van der Waals surface area (Å²) in [5.74, 6) is -0.782. The van der Waals surface area contributed by atoms with Crippen molar-refractivity contribution in [1.82, 2.24) is 15.1 Å². The third-order valence-electron chi connectivity index (χ3n) is 5.77. The predicted molar refractivity (Wildman–Crippen MR) is 119 cm³/mol. The van der Waals surface area contributed by atoms with Crippen LogP contribution in [0.25, 0.3) is 0 Å². The second kappa shape index (κ2) is 11.1. The molecule has 4 amide bonds. The highest BCUT2D eigenvalue weighted by molar-refractivity contribution is 5.96. The average Bonchev–Trinajstić information content (AvgIpc) is 3.11. The minimum Gasteiger partial charge on any atom is -0.433 e. The Bertz CT molecular complexity index is 743. The number of nitrogens with one attached hydrogen (secondary N) is 1. The molecule has 3 N–H and O–H groups in total. The minimum absolute atomic E-state index is 0.407. The highest BCUT2D eigenvalue weighted by Crippen LogP contribution is 2.33. The molecule has 172 valence electrons. The number of primary amides is 1. The van der Waals surface area contributed by atoms with Crippen LogP contribution in [0, 0.1) is 5.41 Å². The van der Waals surface area contributed by atoms with Gasteiger partial charge < -0.3 is 20.7 Å². The van der Waals surface area contributed by atoms with E-state index in [4.69, 9.17) is 10.5 Å². The first-order valence-corrected chi connectivity index (χ1v) is 11.1. The molecule has 3 rings (SSSR count). The smallest absolute Gasteiger partial charge is 0.419 e. The summed E-state index contributed by atoms with van der Waals surface area (Å²) in [5.41, 5.74) is 6.42. The number of hydrogen-bond donors (Lipinski definition) is 2. The Morgan fingerprint density at radius 1 is 1.16 bits per heavy atom. The summed E-state index contributed by atoms with van der Waals surface area (Å²) in [7, 11) is 0. The molecule has 2 heterocycles. The molecule has 8 heteroatoms. The lowest BCUT2D eigenvalue weighted by atomic mass is 9.83. The van der Waals surface area contributed by atoms with Crippen LogP contribution >= 0.6 is 0 Å². The molecule has 0 spiro atoms. The molecule has 2 saturated heterocycles. The lowest BCUT2D eigenvalue weighted by Crippen LogP contribution is -2.45. The van der Waals surface area contributed by atoms with Crippen LogP contribution in [0.3, 0.4) is 0 Å². The first kappa shape index (κ1) is 24.7. The maximum Gasteiger partial charge on any atom is 0.419 e. The Labute approximate surface area is 185 Å². The normalized spacial score (nSPS) is 22.8. The Morgan fingerprint density at radius 3 is 2.35 bits per heavy atom. The second-order valence-electron chi connectivity index (χ2n) is 8.52. The molecule has 1 aromatic rings. The molecule has 1 aromatic carbocycles. The van der Waals surface area contributed by atoms with Gasteiger partial charge in [0.25, 0.3) is 5.91 Å². The number of nitrogens with zero attached hydrogens (tertiary/aromatic N) is 2. The van der Waals surface area contributed by atoms with Crippen LogP contribution in [0.4, 0.5) is 9.59 Å². The lowest BCUT2D eigenvalue weighted by molar-refractivity contribution is -0.125. The number of urea groups is 1. The van der Waals surface area contributed by atoms with Crippen LogP contribution in [-0.2, 0) is 9.53 Å². The van der Waals surface area contributed by atoms with E-state index < -0.39 is 30.2 Å². The van der Waals surface area contributed by atoms with E-state index in [1.807, 2.05) is 19.9 Å². The number of piperidine rings is 1. The van der Waals surface area contributed by atoms with Crippen molar-refractivity contribution in [2.24, 2.45) is 11.1 Å². The molecule has 2 fully saturated rings. The molecule has 2 aliphatic rings. The maximum atomic E-state index is 12.7. The van der Waals surface area contributed by atoms with Gasteiger partial charge in [0, 0.05) is 6.54 Å². The molecule has 2 aliphatic heterocycles. The van der Waals surface area contributed by atoms with Gasteiger partial charge in [-0.05, 0) is 49.9 Å². The molecule has 0 aliphatic carbocycles. The number of rotatable bonds is 6. The number of carbonyl (C=O) groups excluding carboxylic acids is 3. The first-order valence-electron chi connectivity index (χ1n) is 11.1. The predicted octanol–water partition coefficient (Wildman–Crippen LogP) is 3.28. The molecule has 0 bridgehead atoms. The van der Waals surface area contributed by atoms with Gasteiger partial charge >= 0.3 is 12.1 Å². The van der Waals surface area contributed by atoms with E-state index in [9.17, 15) is 14.4 Å². The van der Waals surface area contributed by atoms with E-state index >= 15 is 0 Å². The third kappa shape index (κ3) is 6.43. The fourth-order valence-corrected chi connectivity index (χ4v) is 3.84. The van der Waals surface area contributed by atoms with Gasteiger partial charge in [-0.2, -0.15) is 0 Å². The van der Waals surface area contributed by atoms with Crippen LogP contribution in [0.5, 0.6) is 0 Å². The number of benzene rings is 1. The van der Waals surface area contributed by atoms with E-state index in [1.165, 1.54) is 12.8 Å². The number of likely N-dealkylation sites (tertiary alicyclic amines) is 1. The molecule has 0 radical (unpaired) electrons. The summed E-state index contributed by atoms with van der Waals surface area (Å²) in [6, 6.07) is 7.38. The van der Waals surface area contributed by atoms with E-state index in [1.54, 1.807) is 24.3 Å². The number of carbonyl (C=O) groups is 3. The van der Waals surface area contributed by atoms with Gasteiger partial charge in [0.05, 0.1) is 0 Å². The topological polar surface area (TPSA) is 105 Å². The van der Waals surface area contributed by atoms with Crippen molar-refractivity contribution in [2.45, 2.75) is 59.1 Å². The zero-order valence-electron chi connectivity index (χ0n) is 19.1. The van der Waals surface area contributed by atoms with E-state index in [-0.39, 0.29) is 0 Å². The largest absolute Gasteiger partial charge is 0.433 e. The van der Waals surface area contributed by atoms with Crippen LogP contribution in [0.15, 0.2) is 30.3 Å². The molecule has 2 unspecified atom stereocenters. The average molecular weight is 433 g/mol. The van der Waals surface area contributed by atoms with Gasteiger partial charge in [0.1, 0.15) is 6.04 Å². The van der Waals surface area contributed by atoms with Crippen molar-refractivity contribution in [3.8, 4) is 0 Å².